The highest BCUT2D eigenvalue weighted by atomic mass is 19.1. The van der Waals surface area contributed by atoms with Gasteiger partial charge in [0.15, 0.2) is 0 Å². The van der Waals surface area contributed by atoms with E-state index >= 15 is 0 Å². The monoisotopic (exact) mass is 375 g/mol. The zero-order valence-electron chi connectivity index (χ0n) is 15.0. The second kappa shape index (κ2) is 7.60. The molecule has 1 aliphatic heterocycles. The molecule has 5 nitrogen and oxygen atoms in total. The number of piperazine rings is 1. The van der Waals surface area contributed by atoms with Crippen molar-refractivity contribution in [1.29, 1.82) is 0 Å². The number of aromatic nitrogens is 1. The molecule has 0 unspecified atom stereocenters. The summed E-state index contributed by atoms with van der Waals surface area (Å²) in [7, 11) is 0. The zero-order chi connectivity index (χ0) is 19.5. The molecule has 1 fully saturated rings. The van der Waals surface area contributed by atoms with Crippen LogP contribution in [-0.4, -0.2) is 28.2 Å². The molecule has 0 radical (unpaired) electrons. The number of amides is 2. The summed E-state index contributed by atoms with van der Waals surface area (Å²) in [6.07, 6.45) is 3.16. The summed E-state index contributed by atoms with van der Waals surface area (Å²) >= 11 is 0. The fraction of sp³-hybridized carbons (Fsp3) is 0.136. The van der Waals surface area contributed by atoms with Crippen molar-refractivity contribution in [3.63, 3.8) is 0 Å². The van der Waals surface area contributed by atoms with Crippen molar-refractivity contribution >= 4 is 17.5 Å². The molecule has 2 aromatic carbocycles. The molecule has 1 aliphatic rings. The highest BCUT2D eigenvalue weighted by Crippen LogP contribution is 2.31. The molecule has 1 atom stereocenters. The zero-order valence-corrected chi connectivity index (χ0v) is 15.0. The van der Waals surface area contributed by atoms with Gasteiger partial charge in [-0.3, -0.25) is 14.6 Å². The average Bonchev–Trinajstić information content (AvgIpc) is 2.73. The van der Waals surface area contributed by atoms with Crippen LogP contribution in [0.25, 0.3) is 0 Å². The smallest absolute Gasteiger partial charge is 0.254 e. The third-order valence-corrected chi connectivity index (χ3v) is 4.81. The Labute approximate surface area is 162 Å². The Hall–Kier alpha value is -3.54. The number of para-hydroxylation sites is 1. The Kier molecular flexibility index (Phi) is 4.85. The minimum absolute atomic E-state index is 0.0207. The molecule has 3 aromatic rings. The predicted octanol–water partition coefficient (Wildman–Crippen LogP) is 3.34. The van der Waals surface area contributed by atoms with Gasteiger partial charge in [0.05, 0.1) is 0 Å². The maximum Gasteiger partial charge on any atom is 0.254 e. The molecule has 4 rings (SSSR count). The molecule has 2 amide bonds. The first-order valence-electron chi connectivity index (χ1n) is 8.94. The van der Waals surface area contributed by atoms with Crippen LogP contribution in [0.5, 0.6) is 0 Å². The Morgan fingerprint density at radius 1 is 0.929 bits per heavy atom. The highest BCUT2D eigenvalue weighted by Gasteiger charge is 2.41. The quantitative estimate of drug-likeness (QED) is 0.703. The third kappa shape index (κ3) is 3.36. The Balaban J connectivity index is 1.74. The number of nitrogens with zero attached hydrogens (tertiary/aromatic N) is 3. The van der Waals surface area contributed by atoms with E-state index in [2.05, 4.69) is 4.98 Å². The van der Waals surface area contributed by atoms with Gasteiger partial charge in [-0.15, -0.1) is 0 Å². The van der Waals surface area contributed by atoms with Crippen LogP contribution in [0.1, 0.15) is 17.2 Å². The van der Waals surface area contributed by atoms with Gasteiger partial charge in [-0.05, 0) is 35.9 Å². The first-order chi connectivity index (χ1) is 13.6. The maximum atomic E-state index is 14.2. The SMILES string of the molecule is O=C1[C@H](c2ccncc2)N(Cc2ccccc2F)C(=O)CN1c1ccccc1. The summed E-state index contributed by atoms with van der Waals surface area (Å²) in [5.41, 5.74) is 1.67. The maximum absolute atomic E-state index is 14.2. The molecular formula is C22H18FN3O2. The van der Waals surface area contributed by atoms with E-state index in [1.165, 1.54) is 15.9 Å². The number of carbonyl (C=O) groups excluding carboxylic acids is 2. The van der Waals surface area contributed by atoms with Crippen molar-refractivity contribution in [2.75, 3.05) is 11.4 Å². The van der Waals surface area contributed by atoms with E-state index in [4.69, 9.17) is 0 Å². The molecule has 28 heavy (non-hydrogen) atoms. The molecule has 140 valence electrons. The van der Waals surface area contributed by atoms with Crippen LogP contribution in [0.2, 0.25) is 0 Å². The number of benzene rings is 2. The number of pyridine rings is 1. The molecular weight excluding hydrogens is 357 g/mol. The second-order valence-corrected chi connectivity index (χ2v) is 6.56. The van der Waals surface area contributed by atoms with Gasteiger partial charge in [0.2, 0.25) is 5.91 Å². The minimum atomic E-state index is -0.843. The number of hydrogen-bond donors (Lipinski definition) is 0. The molecule has 0 spiro atoms. The van der Waals surface area contributed by atoms with Crippen LogP contribution >= 0.6 is 0 Å². The predicted molar refractivity (Wildman–Crippen MR) is 103 cm³/mol. The summed E-state index contributed by atoms with van der Waals surface area (Å²) in [4.78, 5) is 33.3. The average molecular weight is 375 g/mol. The van der Waals surface area contributed by atoms with Gasteiger partial charge in [0, 0.05) is 30.2 Å². The van der Waals surface area contributed by atoms with Gasteiger partial charge in [-0.2, -0.15) is 0 Å². The molecule has 0 aliphatic carbocycles. The van der Waals surface area contributed by atoms with E-state index in [0.717, 1.165) is 0 Å². The Morgan fingerprint density at radius 3 is 2.32 bits per heavy atom. The lowest BCUT2D eigenvalue weighted by atomic mass is 10.0. The lowest BCUT2D eigenvalue weighted by molar-refractivity contribution is -0.144. The van der Waals surface area contributed by atoms with E-state index in [1.54, 1.807) is 54.9 Å². The highest BCUT2D eigenvalue weighted by molar-refractivity contribution is 6.06. The first-order valence-corrected chi connectivity index (χ1v) is 8.94. The van der Waals surface area contributed by atoms with Crippen molar-refractivity contribution < 1.29 is 14.0 Å². The Bertz CT molecular complexity index is 995. The number of hydrogen-bond acceptors (Lipinski definition) is 3. The van der Waals surface area contributed by atoms with Crippen molar-refractivity contribution in [3.05, 3.63) is 96.1 Å². The van der Waals surface area contributed by atoms with Gasteiger partial charge >= 0.3 is 0 Å². The first kappa shape index (κ1) is 17.9. The summed E-state index contributed by atoms with van der Waals surface area (Å²) in [6, 6.07) is 17.9. The third-order valence-electron chi connectivity index (χ3n) is 4.81. The van der Waals surface area contributed by atoms with Crippen LogP contribution in [0.3, 0.4) is 0 Å². The van der Waals surface area contributed by atoms with Crippen LogP contribution in [0, 0.1) is 5.82 Å². The molecule has 0 N–H and O–H groups in total. The molecule has 6 heteroatoms. The van der Waals surface area contributed by atoms with Gasteiger partial charge in [0.1, 0.15) is 18.4 Å². The van der Waals surface area contributed by atoms with E-state index < -0.39 is 11.9 Å². The van der Waals surface area contributed by atoms with Crippen molar-refractivity contribution in [1.82, 2.24) is 9.88 Å². The summed E-state index contributed by atoms with van der Waals surface area (Å²) in [5, 5.41) is 0. The van der Waals surface area contributed by atoms with Crippen LogP contribution in [0.15, 0.2) is 79.1 Å². The molecule has 0 bridgehead atoms. The number of anilines is 1. The number of halogens is 1. The number of carbonyl (C=O) groups is 2. The van der Waals surface area contributed by atoms with Crippen molar-refractivity contribution in [3.8, 4) is 0 Å². The Morgan fingerprint density at radius 2 is 1.61 bits per heavy atom. The lowest BCUT2D eigenvalue weighted by Crippen LogP contribution is -2.55. The normalized spacial score (nSPS) is 17.1. The van der Waals surface area contributed by atoms with Crippen molar-refractivity contribution in [2.45, 2.75) is 12.6 Å². The molecule has 0 saturated carbocycles. The second-order valence-electron chi connectivity index (χ2n) is 6.56. The standard InChI is InChI=1S/C22H18FN3O2/c23-19-9-5-4-6-17(19)14-26-20(27)15-25(18-7-2-1-3-8-18)22(28)21(26)16-10-12-24-13-11-16/h1-13,21H,14-15H2/t21-/m0/s1. The summed E-state index contributed by atoms with van der Waals surface area (Å²) in [5.74, 6) is -0.872. The minimum Gasteiger partial charge on any atom is -0.321 e. The van der Waals surface area contributed by atoms with E-state index in [-0.39, 0.29) is 24.9 Å². The van der Waals surface area contributed by atoms with Crippen molar-refractivity contribution in [2.24, 2.45) is 0 Å². The van der Waals surface area contributed by atoms with Gasteiger partial charge in [-0.25, -0.2) is 4.39 Å². The fourth-order valence-electron chi connectivity index (χ4n) is 3.41. The van der Waals surface area contributed by atoms with Crippen LogP contribution in [-0.2, 0) is 16.1 Å². The van der Waals surface area contributed by atoms with E-state index in [1.807, 2.05) is 18.2 Å². The van der Waals surface area contributed by atoms with Gasteiger partial charge in [-0.1, -0.05) is 36.4 Å². The van der Waals surface area contributed by atoms with Crippen LogP contribution in [0.4, 0.5) is 10.1 Å². The van der Waals surface area contributed by atoms with Gasteiger partial charge < -0.3 is 9.80 Å². The summed E-state index contributed by atoms with van der Waals surface area (Å²) in [6.45, 7) is -0.0637. The molecule has 2 heterocycles. The van der Waals surface area contributed by atoms with E-state index in [0.29, 0.717) is 16.8 Å². The van der Waals surface area contributed by atoms with Crippen LogP contribution < -0.4 is 4.90 Å². The fourth-order valence-corrected chi connectivity index (χ4v) is 3.41. The molecule has 1 aromatic heterocycles. The summed E-state index contributed by atoms with van der Waals surface area (Å²) < 4.78 is 14.2. The topological polar surface area (TPSA) is 53.5 Å². The lowest BCUT2D eigenvalue weighted by Gasteiger charge is -2.40. The molecule has 1 saturated heterocycles. The van der Waals surface area contributed by atoms with E-state index in [9.17, 15) is 14.0 Å². The number of rotatable bonds is 4. The van der Waals surface area contributed by atoms with Gasteiger partial charge in [0.25, 0.3) is 5.91 Å². The largest absolute Gasteiger partial charge is 0.321 e.